The predicted octanol–water partition coefficient (Wildman–Crippen LogP) is 6.11. The van der Waals surface area contributed by atoms with Gasteiger partial charge >= 0.3 is 0 Å². The monoisotopic (exact) mass is 355 g/mol. The highest BCUT2D eigenvalue weighted by atomic mass is 35.5. The fraction of sp³-hybridized carbons (Fsp3) is 0. The lowest BCUT2D eigenvalue weighted by Crippen LogP contribution is -2.11. The molecule has 3 aromatic rings. The molecule has 3 rings (SSSR count). The molecule has 0 bridgehead atoms. The molecule has 21 heavy (non-hydrogen) atoms. The molecule has 0 atom stereocenters. The van der Waals surface area contributed by atoms with Crippen molar-refractivity contribution in [3.63, 3.8) is 0 Å². The van der Waals surface area contributed by atoms with E-state index in [4.69, 9.17) is 34.8 Å². The van der Waals surface area contributed by atoms with Crippen LogP contribution in [0.15, 0.2) is 42.5 Å². The first kappa shape index (κ1) is 14.7. The quantitative estimate of drug-likeness (QED) is 0.589. The lowest BCUT2D eigenvalue weighted by atomic mass is 10.2. The van der Waals surface area contributed by atoms with Crippen LogP contribution in [0.5, 0.6) is 0 Å². The molecule has 0 fully saturated rings. The highest BCUT2D eigenvalue weighted by Gasteiger charge is 2.17. The normalized spacial score (nSPS) is 10.8. The molecule has 106 valence electrons. The van der Waals surface area contributed by atoms with E-state index < -0.39 is 0 Å². The highest BCUT2D eigenvalue weighted by Crippen LogP contribution is 2.36. The molecular formula is C15H8Cl3NOS. The molecule has 6 heteroatoms. The average molecular weight is 357 g/mol. The van der Waals surface area contributed by atoms with Gasteiger partial charge in [-0.1, -0.05) is 53.0 Å². The van der Waals surface area contributed by atoms with Gasteiger partial charge in [0.05, 0.1) is 15.7 Å². The first-order valence-electron chi connectivity index (χ1n) is 5.99. The molecule has 0 spiro atoms. The molecule has 0 radical (unpaired) electrons. The number of fused-ring (bicyclic) bond motifs is 1. The summed E-state index contributed by atoms with van der Waals surface area (Å²) >= 11 is 19.6. The van der Waals surface area contributed by atoms with E-state index in [-0.39, 0.29) is 5.91 Å². The smallest absolute Gasteiger partial charge is 0.267 e. The molecule has 1 heterocycles. The number of carbonyl (C=O) groups excluding carboxylic acids is 1. The van der Waals surface area contributed by atoms with Crippen molar-refractivity contribution in [2.75, 3.05) is 5.32 Å². The number of anilines is 1. The zero-order valence-corrected chi connectivity index (χ0v) is 13.6. The van der Waals surface area contributed by atoms with Crippen LogP contribution in [0.2, 0.25) is 15.1 Å². The van der Waals surface area contributed by atoms with Crippen molar-refractivity contribution in [2.24, 2.45) is 0 Å². The second-order valence-electron chi connectivity index (χ2n) is 4.32. The molecule has 1 N–H and O–H groups in total. The zero-order chi connectivity index (χ0) is 15.0. The molecule has 1 amide bonds. The molecule has 0 aliphatic rings. The predicted molar refractivity (Wildman–Crippen MR) is 91.3 cm³/mol. The van der Waals surface area contributed by atoms with Gasteiger partial charge in [-0.05, 0) is 24.3 Å². The van der Waals surface area contributed by atoms with Crippen LogP contribution in [0.3, 0.4) is 0 Å². The topological polar surface area (TPSA) is 29.1 Å². The van der Waals surface area contributed by atoms with Crippen LogP contribution < -0.4 is 5.32 Å². The summed E-state index contributed by atoms with van der Waals surface area (Å²) in [6, 6.07) is 12.5. The Labute approximate surface area is 140 Å². The third kappa shape index (κ3) is 2.87. The Morgan fingerprint density at radius 3 is 2.57 bits per heavy atom. The summed E-state index contributed by atoms with van der Waals surface area (Å²) in [5.41, 5.74) is 0.461. The SMILES string of the molecule is O=C(Nc1cc(Cl)ccc1Cl)c1sc2ccccc2c1Cl. The minimum absolute atomic E-state index is 0.301. The minimum Gasteiger partial charge on any atom is -0.320 e. The van der Waals surface area contributed by atoms with E-state index in [1.54, 1.807) is 18.2 Å². The zero-order valence-electron chi connectivity index (χ0n) is 10.5. The number of hydrogen-bond donors (Lipinski definition) is 1. The Morgan fingerprint density at radius 1 is 1.05 bits per heavy atom. The van der Waals surface area contributed by atoms with Crippen LogP contribution in [0, 0.1) is 0 Å². The van der Waals surface area contributed by atoms with Gasteiger partial charge in [0.25, 0.3) is 5.91 Å². The lowest BCUT2D eigenvalue weighted by molar-refractivity contribution is 0.103. The van der Waals surface area contributed by atoms with Gasteiger partial charge in [0.2, 0.25) is 0 Å². The maximum absolute atomic E-state index is 12.4. The number of rotatable bonds is 2. The molecule has 0 aliphatic heterocycles. The molecule has 2 aromatic carbocycles. The van der Waals surface area contributed by atoms with Crippen molar-refractivity contribution < 1.29 is 4.79 Å². The maximum Gasteiger partial charge on any atom is 0.267 e. The number of thiophene rings is 1. The van der Waals surface area contributed by atoms with Crippen LogP contribution >= 0.6 is 46.1 Å². The number of halogens is 3. The molecule has 0 saturated heterocycles. The molecule has 0 saturated carbocycles. The van der Waals surface area contributed by atoms with Crippen LogP contribution in [0.1, 0.15) is 9.67 Å². The van der Waals surface area contributed by atoms with Crippen molar-refractivity contribution in [3.05, 3.63) is 62.4 Å². The van der Waals surface area contributed by atoms with E-state index >= 15 is 0 Å². The molecule has 0 aliphatic carbocycles. The van der Waals surface area contributed by atoms with E-state index in [1.807, 2.05) is 24.3 Å². The maximum atomic E-state index is 12.4. The summed E-state index contributed by atoms with van der Waals surface area (Å²) in [4.78, 5) is 12.8. The summed E-state index contributed by atoms with van der Waals surface area (Å²) in [7, 11) is 0. The van der Waals surface area contributed by atoms with E-state index in [9.17, 15) is 4.79 Å². The third-order valence-corrected chi connectivity index (χ3v) is 5.16. The van der Waals surface area contributed by atoms with Gasteiger partial charge < -0.3 is 5.32 Å². The fourth-order valence-electron chi connectivity index (χ4n) is 1.93. The van der Waals surface area contributed by atoms with E-state index in [1.165, 1.54) is 11.3 Å². The lowest BCUT2D eigenvalue weighted by Gasteiger charge is -2.06. The number of hydrogen-bond acceptors (Lipinski definition) is 2. The largest absolute Gasteiger partial charge is 0.320 e. The Bertz CT molecular complexity index is 844. The summed E-state index contributed by atoms with van der Waals surface area (Å²) < 4.78 is 0.963. The van der Waals surface area contributed by atoms with Crippen LogP contribution in [-0.2, 0) is 0 Å². The third-order valence-electron chi connectivity index (χ3n) is 2.92. The number of amides is 1. The van der Waals surface area contributed by atoms with Crippen molar-refractivity contribution in [2.45, 2.75) is 0 Å². The summed E-state index contributed by atoms with van der Waals surface area (Å²) in [5, 5.41) is 4.98. The summed E-state index contributed by atoms with van der Waals surface area (Å²) in [6.07, 6.45) is 0. The number of nitrogens with one attached hydrogen (secondary N) is 1. The van der Waals surface area contributed by atoms with Gasteiger partial charge in [-0.2, -0.15) is 0 Å². The van der Waals surface area contributed by atoms with Gasteiger partial charge in [0, 0.05) is 15.1 Å². The Balaban J connectivity index is 1.97. The molecule has 2 nitrogen and oxygen atoms in total. The molecular weight excluding hydrogens is 349 g/mol. The average Bonchev–Trinajstić information content (AvgIpc) is 2.81. The Morgan fingerprint density at radius 2 is 1.81 bits per heavy atom. The summed E-state index contributed by atoms with van der Waals surface area (Å²) in [6.45, 7) is 0. The minimum atomic E-state index is -0.301. The van der Waals surface area contributed by atoms with Gasteiger partial charge in [-0.3, -0.25) is 4.79 Å². The molecule has 0 unspecified atom stereocenters. The van der Waals surface area contributed by atoms with Crippen molar-refractivity contribution in [1.82, 2.24) is 0 Å². The van der Waals surface area contributed by atoms with Crippen LogP contribution in [0.25, 0.3) is 10.1 Å². The Hall–Kier alpha value is -1.26. The van der Waals surface area contributed by atoms with Gasteiger partial charge in [-0.25, -0.2) is 0 Å². The second-order valence-corrected chi connectivity index (χ2v) is 6.59. The Kier molecular flexibility index (Phi) is 4.09. The highest BCUT2D eigenvalue weighted by molar-refractivity contribution is 7.21. The van der Waals surface area contributed by atoms with Crippen LogP contribution in [-0.4, -0.2) is 5.91 Å². The number of benzene rings is 2. The molecule has 1 aromatic heterocycles. The first-order valence-corrected chi connectivity index (χ1v) is 7.95. The number of carbonyl (C=O) groups is 1. The van der Waals surface area contributed by atoms with Crippen molar-refractivity contribution in [3.8, 4) is 0 Å². The van der Waals surface area contributed by atoms with Crippen molar-refractivity contribution in [1.29, 1.82) is 0 Å². The fourth-order valence-corrected chi connectivity index (χ4v) is 3.68. The van der Waals surface area contributed by atoms with Gasteiger partial charge in [-0.15, -0.1) is 11.3 Å². The van der Waals surface area contributed by atoms with Gasteiger partial charge in [0.1, 0.15) is 4.88 Å². The van der Waals surface area contributed by atoms with E-state index in [0.717, 1.165) is 10.1 Å². The van der Waals surface area contributed by atoms with E-state index in [2.05, 4.69) is 5.32 Å². The van der Waals surface area contributed by atoms with Gasteiger partial charge in [0.15, 0.2) is 0 Å². The second kappa shape index (κ2) is 5.85. The van der Waals surface area contributed by atoms with Crippen molar-refractivity contribution >= 4 is 67.8 Å². The standard InChI is InChI=1S/C15H8Cl3NOS/c16-8-5-6-10(17)11(7-8)19-15(20)14-13(18)9-3-1-2-4-12(9)21-14/h1-7H,(H,19,20). The van der Waals surface area contributed by atoms with Crippen LogP contribution in [0.4, 0.5) is 5.69 Å². The summed E-state index contributed by atoms with van der Waals surface area (Å²) in [5.74, 6) is -0.301. The van der Waals surface area contributed by atoms with E-state index in [0.29, 0.717) is 25.6 Å². The first-order chi connectivity index (χ1) is 10.1.